The maximum Gasteiger partial charge on any atom is 0.329 e. The second-order valence-corrected chi connectivity index (χ2v) is 7.42. The van der Waals surface area contributed by atoms with E-state index in [4.69, 9.17) is 4.74 Å². The Balaban J connectivity index is 1.94. The Kier molecular flexibility index (Phi) is 6.56. The van der Waals surface area contributed by atoms with Crippen molar-refractivity contribution in [3.8, 4) is 0 Å². The molecular weight excluding hydrogens is 354 g/mol. The molecule has 0 spiro atoms. The SMILES string of the molecule is CC(C)NC(=O)NC(=O)[C@@H](C)OC(=O)[C@H](C)N1C(=O)[C@H]2CCCC[C@@H]2C1=O. The number of hydrogen-bond donors (Lipinski definition) is 2. The minimum absolute atomic E-state index is 0.161. The van der Waals surface area contributed by atoms with Gasteiger partial charge < -0.3 is 10.1 Å². The number of ether oxygens (including phenoxy) is 1. The molecule has 0 aromatic heterocycles. The molecule has 27 heavy (non-hydrogen) atoms. The fraction of sp³-hybridized carbons (Fsp3) is 0.722. The van der Waals surface area contributed by atoms with E-state index in [0.717, 1.165) is 17.7 Å². The molecule has 0 aromatic rings. The third kappa shape index (κ3) is 4.64. The first-order chi connectivity index (χ1) is 12.6. The second-order valence-electron chi connectivity index (χ2n) is 7.42. The highest BCUT2D eigenvalue weighted by atomic mass is 16.5. The molecule has 2 N–H and O–H groups in total. The minimum atomic E-state index is -1.24. The van der Waals surface area contributed by atoms with Crippen LogP contribution in [0.25, 0.3) is 0 Å². The van der Waals surface area contributed by atoms with Crippen molar-refractivity contribution in [3.05, 3.63) is 0 Å². The summed E-state index contributed by atoms with van der Waals surface area (Å²) in [7, 11) is 0. The van der Waals surface area contributed by atoms with Gasteiger partial charge in [0.2, 0.25) is 11.8 Å². The van der Waals surface area contributed by atoms with Gasteiger partial charge >= 0.3 is 12.0 Å². The molecule has 4 atom stereocenters. The van der Waals surface area contributed by atoms with Crippen molar-refractivity contribution < 1.29 is 28.7 Å². The number of urea groups is 1. The summed E-state index contributed by atoms with van der Waals surface area (Å²) in [4.78, 5) is 61.9. The number of carbonyl (C=O) groups is 5. The second kappa shape index (κ2) is 8.49. The lowest BCUT2D eigenvalue weighted by molar-refractivity contribution is -0.163. The van der Waals surface area contributed by atoms with E-state index in [-0.39, 0.29) is 29.7 Å². The molecule has 1 heterocycles. The van der Waals surface area contributed by atoms with Gasteiger partial charge in [-0.05, 0) is 40.5 Å². The van der Waals surface area contributed by atoms with Gasteiger partial charge in [-0.1, -0.05) is 12.8 Å². The first-order valence-corrected chi connectivity index (χ1v) is 9.32. The number of esters is 1. The van der Waals surface area contributed by atoms with E-state index in [0.29, 0.717) is 12.8 Å². The summed E-state index contributed by atoms with van der Waals surface area (Å²) in [5.74, 6) is -3.06. The molecule has 150 valence electrons. The largest absolute Gasteiger partial charge is 0.451 e. The van der Waals surface area contributed by atoms with Crippen LogP contribution in [0.4, 0.5) is 4.79 Å². The number of imide groups is 2. The summed E-state index contributed by atoms with van der Waals surface area (Å²) >= 11 is 0. The molecule has 9 heteroatoms. The number of nitrogens with zero attached hydrogens (tertiary/aromatic N) is 1. The first kappa shape index (κ1) is 20.9. The van der Waals surface area contributed by atoms with E-state index < -0.39 is 30.1 Å². The van der Waals surface area contributed by atoms with E-state index in [1.165, 1.54) is 13.8 Å². The number of likely N-dealkylation sites (tertiary alicyclic amines) is 1. The van der Waals surface area contributed by atoms with Crippen LogP contribution in [0, 0.1) is 11.8 Å². The van der Waals surface area contributed by atoms with Gasteiger partial charge in [-0.15, -0.1) is 0 Å². The van der Waals surface area contributed by atoms with Crippen LogP contribution in [0.2, 0.25) is 0 Å². The third-order valence-corrected chi connectivity index (χ3v) is 4.92. The molecule has 2 fully saturated rings. The minimum Gasteiger partial charge on any atom is -0.451 e. The number of fused-ring (bicyclic) bond motifs is 1. The summed E-state index contributed by atoms with van der Waals surface area (Å²) in [6.45, 7) is 6.19. The van der Waals surface area contributed by atoms with Crippen LogP contribution in [0.5, 0.6) is 0 Å². The molecule has 2 aliphatic rings. The smallest absolute Gasteiger partial charge is 0.329 e. The maximum absolute atomic E-state index is 12.5. The number of hydrogen-bond acceptors (Lipinski definition) is 6. The van der Waals surface area contributed by atoms with Crippen molar-refractivity contribution in [2.45, 2.75) is 71.6 Å². The zero-order valence-electron chi connectivity index (χ0n) is 16.1. The molecule has 1 saturated carbocycles. The lowest BCUT2D eigenvalue weighted by Crippen LogP contribution is -2.49. The Labute approximate surface area is 158 Å². The summed E-state index contributed by atoms with van der Waals surface area (Å²) < 4.78 is 5.07. The Morgan fingerprint density at radius 2 is 1.52 bits per heavy atom. The number of nitrogens with one attached hydrogen (secondary N) is 2. The van der Waals surface area contributed by atoms with Crippen LogP contribution >= 0.6 is 0 Å². The fourth-order valence-electron chi connectivity index (χ4n) is 3.51. The van der Waals surface area contributed by atoms with E-state index in [1.807, 2.05) is 0 Å². The molecule has 1 aliphatic heterocycles. The van der Waals surface area contributed by atoms with Crippen molar-refractivity contribution in [1.29, 1.82) is 0 Å². The summed E-state index contributed by atoms with van der Waals surface area (Å²) in [6.07, 6.45) is 1.84. The molecule has 1 aliphatic carbocycles. The molecule has 1 saturated heterocycles. The first-order valence-electron chi connectivity index (χ1n) is 9.32. The Hall–Kier alpha value is -2.45. The summed E-state index contributed by atoms with van der Waals surface area (Å²) in [6, 6.07) is -1.97. The van der Waals surface area contributed by atoms with Crippen LogP contribution in [-0.2, 0) is 23.9 Å². The van der Waals surface area contributed by atoms with Crippen LogP contribution in [0.3, 0.4) is 0 Å². The van der Waals surface area contributed by atoms with Gasteiger partial charge in [0, 0.05) is 6.04 Å². The summed E-state index contributed by atoms with van der Waals surface area (Å²) in [5, 5.41) is 4.55. The predicted molar refractivity (Wildman–Crippen MR) is 94.1 cm³/mol. The Morgan fingerprint density at radius 3 is 2.00 bits per heavy atom. The highest BCUT2D eigenvalue weighted by Gasteiger charge is 2.51. The van der Waals surface area contributed by atoms with Crippen molar-refractivity contribution >= 4 is 29.7 Å². The van der Waals surface area contributed by atoms with Gasteiger partial charge in [-0.2, -0.15) is 0 Å². The lowest BCUT2D eigenvalue weighted by Gasteiger charge is -2.23. The zero-order chi connectivity index (χ0) is 20.3. The number of rotatable bonds is 5. The molecular formula is C18H27N3O6. The Morgan fingerprint density at radius 1 is 1.00 bits per heavy atom. The lowest BCUT2D eigenvalue weighted by atomic mass is 9.81. The highest BCUT2D eigenvalue weighted by Crippen LogP contribution is 2.38. The van der Waals surface area contributed by atoms with Gasteiger partial charge in [-0.25, -0.2) is 9.59 Å². The molecule has 0 radical (unpaired) electrons. The normalized spacial score (nSPS) is 24.3. The molecule has 0 unspecified atom stereocenters. The van der Waals surface area contributed by atoms with Crippen molar-refractivity contribution in [1.82, 2.24) is 15.5 Å². The highest BCUT2D eigenvalue weighted by molar-refractivity contribution is 6.08. The predicted octanol–water partition coefficient (Wildman–Crippen LogP) is 0.716. The van der Waals surface area contributed by atoms with Crippen molar-refractivity contribution in [2.75, 3.05) is 0 Å². The fourth-order valence-corrected chi connectivity index (χ4v) is 3.51. The quantitative estimate of drug-likeness (QED) is 0.534. The van der Waals surface area contributed by atoms with E-state index >= 15 is 0 Å². The topological polar surface area (TPSA) is 122 Å². The van der Waals surface area contributed by atoms with Gasteiger partial charge in [0.15, 0.2) is 6.10 Å². The molecule has 2 rings (SSSR count). The number of carbonyl (C=O) groups excluding carboxylic acids is 5. The van der Waals surface area contributed by atoms with Crippen molar-refractivity contribution in [2.24, 2.45) is 11.8 Å². The van der Waals surface area contributed by atoms with Crippen LogP contribution < -0.4 is 10.6 Å². The van der Waals surface area contributed by atoms with Gasteiger partial charge in [0.1, 0.15) is 6.04 Å². The van der Waals surface area contributed by atoms with E-state index in [9.17, 15) is 24.0 Å². The molecule has 0 aromatic carbocycles. The molecule has 5 amide bonds. The monoisotopic (exact) mass is 381 g/mol. The van der Waals surface area contributed by atoms with Crippen molar-refractivity contribution in [3.63, 3.8) is 0 Å². The van der Waals surface area contributed by atoms with E-state index in [1.54, 1.807) is 13.8 Å². The summed E-state index contributed by atoms with van der Waals surface area (Å²) in [5.41, 5.74) is 0. The average molecular weight is 381 g/mol. The van der Waals surface area contributed by atoms with E-state index in [2.05, 4.69) is 10.6 Å². The van der Waals surface area contributed by atoms with Gasteiger partial charge in [-0.3, -0.25) is 24.6 Å². The third-order valence-electron chi connectivity index (χ3n) is 4.92. The maximum atomic E-state index is 12.5. The van der Waals surface area contributed by atoms with Crippen LogP contribution in [-0.4, -0.2) is 52.8 Å². The Bertz CT molecular complexity index is 623. The van der Waals surface area contributed by atoms with Crippen LogP contribution in [0.15, 0.2) is 0 Å². The molecule has 9 nitrogen and oxygen atoms in total. The van der Waals surface area contributed by atoms with Crippen LogP contribution in [0.1, 0.15) is 53.4 Å². The zero-order valence-corrected chi connectivity index (χ0v) is 16.1. The van der Waals surface area contributed by atoms with Gasteiger partial charge in [0.25, 0.3) is 5.91 Å². The standard InChI is InChI=1S/C18H27N3O6/c1-9(2)19-18(26)20-14(22)11(4)27-17(25)10(3)21-15(23)12-7-5-6-8-13(12)16(21)24/h9-13H,5-8H2,1-4H3,(H2,19,20,22,26)/t10-,11+,12-,13-/m0/s1. The number of amides is 5. The van der Waals surface area contributed by atoms with Gasteiger partial charge in [0.05, 0.1) is 11.8 Å². The average Bonchev–Trinajstić information content (AvgIpc) is 2.84. The molecule has 0 bridgehead atoms.